The fraction of sp³-hybridized carbons (Fsp3) is 0.118. The Morgan fingerprint density at radius 1 is 1.26 bits per heavy atom. The number of para-hydroxylation sites is 1. The molecule has 1 atom stereocenters. The molecule has 2 heterocycles. The predicted octanol–water partition coefficient (Wildman–Crippen LogP) is 1.69. The Morgan fingerprint density at radius 3 is 2.78 bits per heavy atom. The van der Waals surface area contributed by atoms with Crippen LogP contribution in [0.3, 0.4) is 0 Å². The lowest BCUT2D eigenvalue weighted by molar-refractivity contribution is 0.638. The average Bonchev–Trinajstić information content (AvgIpc) is 2.58. The van der Waals surface area contributed by atoms with Gasteiger partial charge in [-0.05, 0) is 24.3 Å². The molecule has 23 heavy (non-hydrogen) atoms. The Morgan fingerprint density at radius 2 is 2.04 bits per heavy atom. The number of aromatic nitrogens is 3. The molecule has 0 aliphatic carbocycles. The van der Waals surface area contributed by atoms with Crippen LogP contribution in [0.1, 0.15) is 18.3 Å². The predicted molar refractivity (Wildman–Crippen MR) is 89.6 cm³/mol. The summed E-state index contributed by atoms with van der Waals surface area (Å²) in [7, 11) is 0. The Balaban J connectivity index is 2.20. The molecule has 6 nitrogen and oxygen atoms in total. The van der Waals surface area contributed by atoms with E-state index in [9.17, 15) is 4.79 Å². The van der Waals surface area contributed by atoms with Crippen molar-refractivity contribution in [1.82, 2.24) is 14.6 Å². The second-order valence-electron chi connectivity index (χ2n) is 4.97. The zero-order chi connectivity index (χ0) is 16.2. The van der Waals surface area contributed by atoms with Gasteiger partial charge in [0.1, 0.15) is 5.82 Å². The third-order valence-corrected chi connectivity index (χ3v) is 3.34. The summed E-state index contributed by atoms with van der Waals surface area (Å²) in [5, 5.41) is 0. The highest BCUT2D eigenvalue weighted by Gasteiger charge is 2.17. The molecule has 2 aromatic heterocycles. The molecule has 1 unspecified atom stereocenters. The summed E-state index contributed by atoms with van der Waals surface area (Å²) in [6.07, 6.45) is 7.17. The summed E-state index contributed by atoms with van der Waals surface area (Å²) < 4.78 is 1.31. The van der Waals surface area contributed by atoms with Crippen LogP contribution < -0.4 is 16.7 Å². The maximum Gasteiger partial charge on any atom is 0.298 e. The molecule has 0 amide bonds. The molecule has 114 valence electrons. The fourth-order valence-corrected chi connectivity index (χ4v) is 2.25. The Bertz CT molecular complexity index is 927. The first-order chi connectivity index (χ1) is 11.2. The van der Waals surface area contributed by atoms with Crippen molar-refractivity contribution in [2.45, 2.75) is 12.5 Å². The van der Waals surface area contributed by atoms with Crippen LogP contribution in [0.5, 0.6) is 0 Å². The number of anilines is 1. The first kappa shape index (κ1) is 14.8. The van der Waals surface area contributed by atoms with Gasteiger partial charge in [-0.15, -0.1) is 12.3 Å². The molecule has 0 bridgehead atoms. The van der Waals surface area contributed by atoms with Gasteiger partial charge in [-0.3, -0.25) is 10.2 Å². The van der Waals surface area contributed by atoms with Crippen LogP contribution in [-0.4, -0.2) is 14.6 Å². The van der Waals surface area contributed by atoms with E-state index < -0.39 is 6.04 Å². The molecule has 0 aliphatic rings. The number of hydrogen-bond donors (Lipinski definition) is 2. The van der Waals surface area contributed by atoms with Gasteiger partial charge in [0.15, 0.2) is 5.52 Å². The Labute approximate surface area is 133 Å². The van der Waals surface area contributed by atoms with Crippen molar-refractivity contribution in [2.24, 2.45) is 5.73 Å². The molecule has 3 N–H and O–H groups in total. The van der Waals surface area contributed by atoms with Crippen molar-refractivity contribution in [1.29, 1.82) is 0 Å². The van der Waals surface area contributed by atoms with Crippen LogP contribution in [0, 0.1) is 12.3 Å². The molecular formula is C17H15N5O. The summed E-state index contributed by atoms with van der Waals surface area (Å²) in [5.74, 6) is 2.87. The fourth-order valence-electron chi connectivity index (χ4n) is 2.25. The largest absolute Gasteiger partial charge is 0.321 e. The maximum absolute atomic E-state index is 12.8. The van der Waals surface area contributed by atoms with Gasteiger partial charge < -0.3 is 5.73 Å². The molecule has 0 spiro atoms. The summed E-state index contributed by atoms with van der Waals surface area (Å²) in [6.45, 7) is 0. The molecule has 3 rings (SSSR count). The molecule has 1 aromatic carbocycles. The maximum atomic E-state index is 12.8. The topological polar surface area (TPSA) is 85.8 Å². The van der Waals surface area contributed by atoms with E-state index >= 15 is 0 Å². The Kier molecular flexibility index (Phi) is 4.04. The Hall–Kier alpha value is -3.17. The quantitative estimate of drug-likeness (QED) is 0.716. The van der Waals surface area contributed by atoms with Gasteiger partial charge in [-0.2, -0.15) is 0 Å². The van der Waals surface area contributed by atoms with E-state index in [1.807, 2.05) is 30.3 Å². The van der Waals surface area contributed by atoms with Gasteiger partial charge in [0.05, 0.1) is 17.2 Å². The minimum atomic E-state index is -0.562. The minimum absolute atomic E-state index is 0.271. The lowest BCUT2D eigenvalue weighted by atomic mass is 10.2. The molecule has 0 saturated heterocycles. The monoisotopic (exact) mass is 305 g/mol. The first-order valence-corrected chi connectivity index (χ1v) is 7.09. The van der Waals surface area contributed by atoms with Crippen LogP contribution in [0.15, 0.2) is 53.5 Å². The third-order valence-electron chi connectivity index (χ3n) is 3.34. The summed E-state index contributed by atoms with van der Waals surface area (Å²) >= 11 is 0. The average molecular weight is 305 g/mol. The number of rotatable bonds is 4. The normalized spacial score (nSPS) is 11.8. The number of hydrogen-bond acceptors (Lipinski definition) is 5. The number of nitrogens with two attached hydrogens (primary N) is 1. The summed E-state index contributed by atoms with van der Waals surface area (Å²) in [5.41, 5.74) is 10.3. The number of nitrogens with one attached hydrogen (secondary N) is 1. The molecule has 0 saturated carbocycles. The second-order valence-corrected chi connectivity index (χ2v) is 4.97. The van der Waals surface area contributed by atoms with Crippen LogP contribution in [-0.2, 0) is 0 Å². The molecule has 0 radical (unpaired) electrons. The van der Waals surface area contributed by atoms with Crippen molar-refractivity contribution < 1.29 is 0 Å². The highest BCUT2D eigenvalue weighted by molar-refractivity contribution is 5.72. The number of pyridine rings is 1. The second kappa shape index (κ2) is 6.30. The van der Waals surface area contributed by atoms with E-state index in [0.29, 0.717) is 11.3 Å². The van der Waals surface area contributed by atoms with Gasteiger partial charge >= 0.3 is 0 Å². The summed E-state index contributed by atoms with van der Waals surface area (Å²) in [6, 6.07) is 12.2. The van der Waals surface area contributed by atoms with Crippen LogP contribution in [0.25, 0.3) is 11.0 Å². The van der Waals surface area contributed by atoms with Crippen molar-refractivity contribution in [2.75, 3.05) is 5.43 Å². The SMILES string of the molecule is C#CCC(N)c1nc2cccnc2c(=O)n1Nc1ccccc1. The molecule has 6 heteroatoms. The highest BCUT2D eigenvalue weighted by Crippen LogP contribution is 2.14. The lowest BCUT2D eigenvalue weighted by Gasteiger charge is -2.18. The van der Waals surface area contributed by atoms with Gasteiger partial charge in [0, 0.05) is 12.6 Å². The highest BCUT2D eigenvalue weighted by atomic mass is 16.1. The van der Waals surface area contributed by atoms with E-state index in [2.05, 4.69) is 21.3 Å². The number of benzene rings is 1. The minimum Gasteiger partial charge on any atom is -0.321 e. The number of fused-ring (bicyclic) bond motifs is 1. The van der Waals surface area contributed by atoms with Gasteiger partial charge in [-0.1, -0.05) is 18.2 Å². The van der Waals surface area contributed by atoms with Crippen LogP contribution >= 0.6 is 0 Å². The van der Waals surface area contributed by atoms with Crippen LogP contribution in [0.4, 0.5) is 5.69 Å². The van der Waals surface area contributed by atoms with Gasteiger partial charge in [0.25, 0.3) is 5.56 Å². The first-order valence-electron chi connectivity index (χ1n) is 7.09. The molecule has 3 aromatic rings. The van der Waals surface area contributed by atoms with Crippen molar-refractivity contribution >= 4 is 16.7 Å². The molecule has 0 aliphatic heterocycles. The van der Waals surface area contributed by atoms with Crippen molar-refractivity contribution in [3.63, 3.8) is 0 Å². The zero-order valence-corrected chi connectivity index (χ0v) is 12.3. The lowest BCUT2D eigenvalue weighted by Crippen LogP contribution is -2.34. The van der Waals surface area contributed by atoms with Crippen molar-refractivity contribution in [3.05, 3.63) is 64.8 Å². The van der Waals surface area contributed by atoms with E-state index in [1.165, 1.54) is 4.68 Å². The van der Waals surface area contributed by atoms with Crippen molar-refractivity contribution in [3.8, 4) is 12.3 Å². The van der Waals surface area contributed by atoms with E-state index in [1.54, 1.807) is 18.3 Å². The third kappa shape index (κ3) is 2.91. The van der Waals surface area contributed by atoms with Gasteiger partial charge in [-0.25, -0.2) is 14.6 Å². The van der Waals surface area contributed by atoms with E-state index in [0.717, 1.165) is 5.69 Å². The van der Waals surface area contributed by atoms with Crippen LogP contribution in [0.2, 0.25) is 0 Å². The van der Waals surface area contributed by atoms with Gasteiger partial charge in [0.2, 0.25) is 0 Å². The molecule has 0 fully saturated rings. The summed E-state index contributed by atoms with van der Waals surface area (Å²) in [4.78, 5) is 21.3. The van der Waals surface area contributed by atoms with E-state index in [-0.39, 0.29) is 17.5 Å². The standard InChI is InChI=1S/C17H15N5O/c1-2-7-13(18)16-20-14-10-6-11-19-15(14)17(23)22(16)21-12-8-4-3-5-9-12/h1,3-6,8-11,13,21H,7,18H2. The zero-order valence-electron chi connectivity index (χ0n) is 12.3. The number of terminal acetylenes is 1. The van der Waals surface area contributed by atoms with E-state index in [4.69, 9.17) is 12.2 Å². The molecular weight excluding hydrogens is 290 g/mol. The smallest absolute Gasteiger partial charge is 0.298 e. The number of nitrogens with zero attached hydrogens (tertiary/aromatic N) is 3.